The Morgan fingerprint density at radius 1 is 0.365 bits per heavy atom. The molecular formula is C60H39N3. The number of para-hydroxylation sites is 1. The van der Waals surface area contributed by atoms with E-state index >= 15 is 0 Å². The second kappa shape index (κ2) is 13.9. The molecule has 2 heterocycles. The van der Waals surface area contributed by atoms with Crippen molar-refractivity contribution in [2.75, 3.05) is 4.90 Å². The van der Waals surface area contributed by atoms with Crippen LogP contribution in [0.5, 0.6) is 0 Å². The van der Waals surface area contributed by atoms with Crippen LogP contribution in [0.4, 0.5) is 17.1 Å². The number of hydrogen-bond acceptors (Lipinski definition) is 2. The van der Waals surface area contributed by atoms with E-state index in [0.717, 1.165) is 39.2 Å². The molecule has 0 atom stereocenters. The summed E-state index contributed by atoms with van der Waals surface area (Å²) in [5.41, 5.74) is 21.6. The monoisotopic (exact) mass is 801 g/mol. The van der Waals surface area contributed by atoms with E-state index in [2.05, 4.69) is 239 Å². The maximum absolute atomic E-state index is 4.44. The first-order valence-corrected chi connectivity index (χ1v) is 21.7. The van der Waals surface area contributed by atoms with E-state index < -0.39 is 5.41 Å². The summed E-state index contributed by atoms with van der Waals surface area (Å²) in [7, 11) is 0. The Morgan fingerprint density at radius 3 is 1.51 bits per heavy atom. The number of aromatic nitrogens is 2. The summed E-state index contributed by atoms with van der Waals surface area (Å²) >= 11 is 0. The van der Waals surface area contributed by atoms with Gasteiger partial charge in [0.15, 0.2) is 0 Å². The summed E-state index contributed by atoms with van der Waals surface area (Å²) in [6, 6.07) is 82.5. The van der Waals surface area contributed by atoms with Gasteiger partial charge in [-0.3, -0.25) is 4.98 Å². The normalized spacial score (nSPS) is 12.9. The maximum atomic E-state index is 4.44. The van der Waals surface area contributed by atoms with Crippen LogP contribution < -0.4 is 4.90 Å². The highest BCUT2D eigenvalue weighted by molar-refractivity contribution is 6.09. The van der Waals surface area contributed by atoms with Crippen LogP contribution >= 0.6 is 0 Å². The molecule has 1 spiro atoms. The molecule has 2 aliphatic carbocycles. The Kier molecular flexibility index (Phi) is 7.82. The standard InChI is InChI=1S/C60H39N3/c1-2-13-40(14-3-1)41-25-31-44(32-26-41)62(45-33-27-42(28-34-45)43-29-35-46(36-30-43)63-56-23-11-7-17-49(56)51-39-61-38-37-57(51)63)58-24-12-22-55-59(58)50-18-6-10-21-54(50)60(55)52-19-8-4-15-47(52)48-16-5-9-20-53(48)60/h1-39H. The second-order valence-corrected chi connectivity index (χ2v) is 16.7. The van der Waals surface area contributed by atoms with Gasteiger partial charge in [-0.25, -0.2) is 0 Å². The van der Waals surface area contributed by atoms with Crippen LogP contribution in [0, 0.1) is 0 Å². The molecule has 0 bridgehead atoms. The molecule has 11 aromatic rings. The number of fused-ring (bicyclic) bond motifs is 13. The summed E-state index contributed by atoms with van der Waals surface area (Å²) < 4.78 is 2.34. The van der Waals surface area contributed by atoms with Crippen molar-refractivity contribution in [3.05, 3.63) is 259 Å². The van der Waals surface area contributed by atoms with E-state index in [9.17, 15) is 0 Å². The Balaban J connectivity index is 0.956. The molecule has 0 amide bonds. The molecule has 294 valence electrons. The molecule has 9 aromatic carbocycles. The summed E-state index contributed by atoms with van der Waals surface area (Å²) in [5, 5.41) is 2.37. The van der Waals surface area contributed by atoms with Gasteiger partial charge in [-0.05, 0) is 116 Å². The number of anilines is 3. The SMILES string of the molecule is c1ccc(-c2ccc(N(c3ccc(-c4ccc(-n5c6ccccc6c6cnccc65)cc4)cc3)c3cccc4c3-c3ccccc3C43c4ccccc4-c4ccccc43)cc2)cc1. The molecule has 0 N–H and O–H groups in total. The van der Waals surface area contributed by atoms with E-state index in [1.54, 1.807) is 0 Å². The van der Waals surface area contributed by atoms with Gasteiger partial charge in [0.05, 0.1) is 22.1 Å². The van der Waals surface area contributed by atoms with Gasteiger partial charge in [0.2, 0.25) is 0 Å². The Labute approximate surface area is 366 Å². The molecule has 63 heavy (non-hydrogen) atoms. The first-order chi connectivity index (χ1) is 31.3. The van der Waals surface area contributed by atoms with Gasteiger partial charge in [0, 0.05) is 45.8 Å². The highest BCUT2D eigenvalue weighted by Crippen LogP contribution is 2.64. The third-order valence-electron chi connectivity index (χ3n) is 13.5. The summed E-state index contributed by atoms with van der Waals surface area (Å²) in [6.07, 6.45) is 3.85. The minimum atomic E-state index is -0.426. The van der Waals surface area contributed by atoms with E-state index in [0.29, 0.717) is 0 Å². The van der Waals surface area contributed by atoms with Crippen molar-refractivity contribution in [1.82, 2.24) is 9.55 Å². The minimum absolute atomic E-state index is 0.426. The number of nitrogens with zero attached hydrogens (tertiary/aromatic N) is 3. The van der Waals surface area contributed by atoms with E-state index in [1.807, 2.05) is 12.4 Å². The van der Waals surface area contributed by atoms with Crippen LogP contribution in [0.25, 0.3) is 72.0 Å². The number of pyridine rings is 1. The lowest BCUT2D eigenvalue weighted by Gasteiger charge is -2.32. The molecule has 0 aliphatic heterocycles. The Bertz CT molecular complexity index is 3450. The quantitative estimate of drug-likeness (QED) is 0.167. The number of benzene rings is 9. The van der Waals surface area contributed by atoms with Crippen molar-refractivity contribution in [1.29, 1.82) is 0 Å². The van der Waals surface area contributed by atoms with Gasteiger partial charge >= 0.3 is 0 Å². The van der Waals surface area contributed by atoms with E-state index in [-0.39, 0.29) is 0 Å². The lowest BCUT2D eigenvalue weighted by atomic mass is 9.70. The molecule has 3 nitrogen and oxygen atoms in total. The summed E-state index contributed by atoms with van der Waals surface area (Å²) in [6.45, 7) is 0. The van der Waals surface area contributed by atoms with Gasteiger partial charge in [0.25, 0.3) is 0 Å². The molecular weight excluding hydrogens is 763 g/mol. The van der Waals surface area contributed by atoms with Crippen LogP contribution in [0.15, 0.2) is 237 Å². The molecule has 0 saturated carbocycles. The van der Waals surface area contributed by atoms with E-state index in [1.165, 1.54) is 72.1 Å². The van der Waals surface area contributed by atoms with Crippen LogP contribution in [-0.4, -0.2) is 9.55 Å². The third kappa shape index (κ3) is 5.17. The van der Waals surface area contributed by atoms with Crippen molar-refractivity contribution < 1.29 is 0 Å². The van der Waals surface area contributed by atoms with Crippen molar-refractivity contribution in [3.8, 4) is 50.2 Å². The molecule has 13 rings (SSSR count). The van der Waals surface area contributed by atoms with Gasteiger partial charge in [-0.1, -0.05) is 170 Å². The van der Waals surface area contributed by atoms with Crippen molar-refractivity contribution in [2.24, 2.45) is 0 Å². The summed E-state index contributed by atoms with van der Waals surface area (Å²) in [5.74, 6) is 0. The highest BCUT2D eigenvalue weighted by atomic mass is 15.1. The molecule has 2 aromatic heterocycles. The van der Waals surface area contributed by atoms with Gasteiger partial charge in [-0.15, -0.1) is 0 Å². The van der Waals surface area contributed by atoms with Crippen LogP contribution in [0.3, 0.4) is 0 Å². The zero-order chi connectivity index (χ0) is 41.5. The predicted octanol–water partition coefficient (Wildman–Crippen LogP) is 15.3. The molecule has 3 heteroatoms. The zero-order valence-corrected chi connectivity index (χ0v) is 34.4. The fourth-order valence-electron chi connectivity index (χ4n) is 10.9. The van der Waals surface area contributed by atoms with Crippen molar-refractivity contribution in [2.45, 2.75) is 5.41 Å². The maximum Gasteiger partial charge on any atom is 0.0726 e. The third-order valence-corrected chi connectivity index (χ3v) is 13.5. The van der Waals surface area contributed by atoms with Crippen LogP contribution in [-0.2, 0) is 5.41 Å². The summed E-state index contributed by atoms with van der Waals surface area (Å²) in [4.78, 5) is 6.90. The van der Waals surface area contributed by atoms with Crippen LogP contribution in [0.1, 0.15) is 22.3 Å². The van der Waals surface area contributed by atoms with Gasteiger partial charge < -0.3 is 9.47 Å². The average molecular weight is 802 g/mol. The minimum Gasteiger partial charge on any atom is -0.310 e. The average Bonchev–Trinajstić information content (AvgIpc) is 3.97. The lowest BCUT2D eigenvalue weighted by molar-refractivity contribution is 0.794. The van der Waals surface area contributed by atoms with Crippen molar-refractivity contribution in [3.63, 3.8) is 0 Å². The van der Waals surface area contributed by atoms with Crippen molar-refractivity contribution >= 4 is 38.9 Å². The number of rotatable bonds is 6. The fraction of sp³-hybridized carbons (Fsp3) is 0.0167. The van der Waals surface area contributed by atoms with E-state index in [4.69, 9.17) is 0 Å². The molecule has 2 aliphatic rings. The number of hydrogen-bond donors (Lipinski definition) is 0. The molecule has 0 saturated heterocycles. The predicted molar refractivity (Wildman–Crippen MR) is 260 cm³/mol. The lowest BCUT2D eigenvalue weighted by Crippen LogP contribution is -2.26. The topological polar surface area (TPSA) is 21.1 Å². The largest absolute Gasteiger partial charge is 0.310 e. The Morgan fingerprint density at radius 2 is 0.857 bits per heavy atom. The van der Waals surface area contributed by atoms with Gasteiger partial charge in [0.1, 0.15) is 0 Å². The first-order valence-electron chi connectivity index (χ1n) is 21.7. The smallest absolute Gasteiger partial charge is 0.0726 e. The molecule has 0 unspecified atom stereocenters. The fourth-order valence-corrected chi connectivity index (χ4v) is 10.9. The second-order valence-electron chi connectivity index (χ2n) is 16.7. The Hall–Kier alpha value is -8.27. The molecule has 0 fully saturated rings. The molecule has 0 radical (unpaired) electrons. The first kappa shape index (κ1) is 35.5. The zero-order valence-electron chi connectivity index (χ0n) is 34.4. The van der Waals surface area contributed by atoms with Gasteiger partial charge in [-0.2, -0.15) is 0 Å². The highest BCUT2D eigenvalue weighted by Gasteiger charge is 2.52. The van der Waals surface area contributed by atoms with Crippen LogP contribution in [0.2, 0.25) is 0 Å².